The largest absolute Gasteiger partial charge is 0.375 e. The van der Waals surface area contributed by atoms with Crippen molar-refractivity contribution < 1.29 is 9.53 Å². The first-order valence-corrected chi connectivity index (χ1v) is 6.92. The van der Waals surface area contributed by atoms with E-state index in [1.807, 2.05) is 31.2 Å². The molecule has 0 radical (unpaired) electrons. The summed E-state index contributed by atoms with van der Waals surface area (Å²) in [5, 5.41) is 6.82. The van der Waals surface area contributed by atoms with E-state index in [-0.39, 0.29) is 18.1 Å². The second-order valence-electron chi connectivity index (χ2n) is 4.64. The predicted octanol–water partition coefficient (Wildman–Crippen LogP) is 1.38. The molecule has 0 bridgehead atoms. The zero-order chi connectivity index (χ0) is 13.7. The monoisotopic (exact) mass is 282 g/mol. The maximum atomic E-state index is 12.0. The van der Waals surface area contributed by atoms with Crippen molar-refractivity contribution in [3.63, 3.8) is 0 Å². The van der Waals surface area contributed by atoms with Crippen LogP contribution >= 0.6 is 11.6 Å². The highest BCUT2D eigenvalue weighted by atomic mass is 35.5. The predicted molar refractivity (Wildman–Crippen MR) is 75.4 cm³/mol. The van der Waals surface area contributed by atoms with Crippen LogP contribution in [0.25, 0.3) is 0 Å². The summed E-state index contributed by atoms with van der Waals surface area (Å²) < 4.78 is 5.45. The number of hydrogen-bond acceptors (Lipinski definition) is 3. The van der Waals surface area contributed by atoms with Crippen LogP contribution in [0.2, 0.25) is 5.02 Å². The SMILES string of the molecule is C[C@H]1OCCN[C@@H]1C(=O)NCCc1ccccc1Cl. The van der Waals surface area contributed by atoms with Crippen LogP contribution in [-0.2, 0) is 16.0 Å². The van der Waals surface area contributed by atoms with Gasteiger partial charge in [0.1, 0.15) is 6.04 Å². The number of benzene rings is 1. The van der Waals surface area contributed by atoms with Gasteiger partial charge >= 0.3 is 0 Å². The molecule has 2 N–H and O–H groups in total. The Bertz CT molecular complexity index is 439. The molecule has 1 aliphatic heterocycles. The molecule has 1 saturated heterocycles. The average molecular weight is 283 g/mol. The fraction of sp³-hybridized carbons (Fsp3) is 0.500. The molecular weight excluding hydrogens is 264 g/mol. The van der Waals surface area contributed by atoms with Gasteiger partial charge in [-0.15, -0.1) is 0 Å². The van der Waals surface area contributed by atoms with Crippen LogP contribution < -0.4 is 10.6 Å². The van der Waals surface area contributed by atoms with E-state index < -0.39 is 0 Å². The molecule has 4 nitrogen and oxygen atoms in total. The minimum absolute atomic E-state index is 0.0146. The first-order valence-electron chi connectivity index (χ1n) is 6.54. The number of rotatable bonds is 4. The zero-order valence-electron chi connectivity index (χ0n) is 11.0. The van der Waals surface area contributed by atoms with Crippen LogP contribution in [0.3, 0.4) is 0 Å². The Morgan fingerprint density at radius 2 is 2.32 bits per heavy atom. The Hall–Kier alpha value is -1.10. The van der Waals surface area contributed by atoms with Gasteiger partial charge in [0.05, 0.1) is 12.7 Å². The molecule has 1 aromatic carbocycles. The van der Waals surface area contributed by atoms with Gasteiger partial charge in [-0.1, -0.05) is 29.8 Å². The standard InChI is InChI=1S/C14H19ClN2O2/c1-10-13(16-8-9-19-10)14(18)17-7-6-11-4-2-3-5-12(11)15/h2-5,10,13,16H,6-9H2,1H3,(H,17,18)/t10-,13+/m1/s1. The van der Waals surface area contributed by atoms with Gasteiger partial charge in [-0.2, -0.15) is 0 Å². The molecule has 2 atom stereocenters. The van der Waals surface area contributed by atoms with Crippen molar-refractivity contribution in [2.24, 2.45) is 0 Å². The number of morpholine rings is 1. The molecule has 2 rings (SSSR count). The summed E-state index contributed by atoms with van der Waals surface area (Å²) >= 11 is 6.07. The Morgan fingerprint density at radius 1 is 1.53 bits per heavy atom. The molecule has 0 spiro atoms. The number of carbonyl (C=O) groups is 1. The highest BCUT2D eigenvalue weighted by molar-refractivity contribution is 6.31. The quantitative estimate of drug-likeness (QED) is 0.877. The van der Waals surface area contributed by atoms with Crippen molar-refractivity contribution in [2.45, 2.75) is 25.5 Å². The van der Waals surface area contributed by atoms with Crippen molar-refractivity contribution in [1.29, 1.82) is 0 Å². The smallest absolute Gasteiger partial charge is 0.239 e. The number of halogens is 1. The lowest BCUT2D eigenvalue weighted by atomic mass is 10.1. The second-order valence-corrected chi connectivity index (χ2v) is 5.05. The summed E-state index contributed by atoms with van der Waals surface area (Å²) in [7, 11) is 0. The van der Waals surface area contributed by atoms with E-state index >= 15 is 0 Å². The number of hydrogen-bond donors (Lipinski definition) is 2. The van der Waals surface area contributed by atoms with E-state index in [1.54, 1.807) is 0 Å². The molecular formula is C14H19ClN2O2. The molecule has 0 aromatic heterocycles. The summed E-state index contributed by atoms with van der Waals surface area (Å²) in [5.74, 6) is -0.0146. The van der Waals surface area contributed by atoms with Crippen molar-refractivity contribution >= 4 is 17.5 Å². The lowest BCUT2D eigenvalue weighted by Crippen LogP contribution is -2.55. The third-order valence-corrected chi connectivity index (χ3v) is 3.62. The Kier molecular flexibility index (Phi) is 5.19. The summed E-state index contributed by atoms with van der Waals surface area (Å²) in [6, 6.07) is 7.41. The molecule has 1 aliphatic rings. The summed E-state index contributed by atoms with van der Waals surface area (Å²) in [4.78, 5) is 12.0. The van der Waals surface area contributed by atoms with Crippen LogP contribution in [-0.4, -0.2) is 37.7 Å². The minimum Gasteiger partial charge on any atom is -0.375 e. The zero-order valence-corrected chi connectivity index (χ0v) is 11.7. The van der Waals surface area contributed by atoms with E-state index in [1.165, 1.54) is 0 Å². The van der Waals surface area contributed by atoms with Gasteiger partial charge in [0.25, 0.3) is 0 Å². The fourth-order valence-corrected chi connectivity index (χ4v) is 2.39. The first-order chi connectivity index (χ1) is 9.18. The van der Waals surface area contributed by atoms with E-state index in [9.17, 15) is 4.79 Å². The molecule has 1 aromatic rings. The minimum atomic E-state index is -0.264. The van der Waals surface area contributed by atoms with Gasteiger partial charge in [0.2, 0.25) is 5.91 Å². The number of carbonyl (C=O) groups excluding carboxylic acids is 1. The van der Waals surface area contributed by atoms with Crippen molar-refractivity contribution in [3.8, 4) is 0 Å². The molecule has 1 heterocycles. The van der Waals surface area contributed by atoms with E-state index in [2.05, 4.69) is 10.6 Å². The number of nitrogens with one attached hydrogen (secondary N) is 2. The molecule has 1 amide bonds. The van der Waals surface area contributed by atoms with Crippen molar-refractivity contribution in [2.75, 3.05) is 19.7 Å². The Balaban J connectivity index is 1.79. The number of amides is 1. The van der Waals surface area contributed by atoms with Gasteiger partial charge in [0.15, 0.2) is 0 Å². The first kappa shape index (κ1) is 14.3. The van der Waals surface area contributed by atoms with Crippen molar-refractivity contribution in [3.05, 3.63) is 34.9 Å². The van der Waals surface area contributed by atoms with Crippen LogP contribution in [0.5, 0.6) is 0 Å². The lowest BCUT2D eigenvalue weighted by molar-refractivity contribution is -0.128. The lowest BCUT2D eigenvalue weighted by Gasteiger charge is -2.29. The normalized spacial score (nSPS) is 23.1. The van der Waals surface area contributed by atoms with E-state index in [4.69, 9.17) is 16.3 Å². The molecule has 0 unspecified atom stereocenters. The molecule has 1 fully saturated rings. The molecule has 104 valence electrons. The second kappa shape index (κ2) is 6.89. The third kappa shape index (κ3) is 3.93. The van der Waals surface area contributed by atoms with Crippen LogP contribution in [0.15, 0.2) is 24.3 Å². The summed E-state index contributed by atoms with van der Waals surface area (Å²) in [6.07, 6.45) is 0.641. The van der Waals surface area contributed by atoms with Gasteiger partial charge in [0, 0.05) is 18.1 Å². The van der Waals surface area contributed by atoms with E-state index in [0.717, 1.165) is 17.0 Å². The Morgan fingerprint density at radius 3 is 3.05 bits per heavy atom. The van der Waals surface area contributed by atoms with Crippen LogP contribution in [0.4, 0.5) is 0 Å². The maximum Gasteiger partial charge on any atom is 0.239 e. The Labute approximate surface area is 118 Å². The van der Waals surface area contributed by atoms with Crippen molar-refractivity contribution in [1.82, 2.24) is 10.6 Å². The number of ether oxygens (including phenoxy) is 1. The topological polar surface area (TPSA) is 50.4 Å². The summed E-state index contributed by atoms with van der Waals surface area (Å²) in [5.41, 5.74) is 1.05. The van der Waals surface area contributed by atoms with Gasteiger partial charge in [-0.25, -0.2) is 0 Å². The highest BCUT2D eigenvalue weighted by Crippen LogP contribution is 2.14. The van der Waals surface area contributed by atoms with Gasteiger partial charge in [-0.3, -0.25) is 4.79 Å². The molecule has 5 heteroatoms. The average Bonchev–Trinajstić information content (AvgIpc) is 2.41. The van der Waals surface area contributed by atoms with Gasteiger partial charge < -0.3 is 15.4 Å². The molecule has 0 aliphatic carbocycles. The molecule has 19 heavy (non-hydrogen) atoms. The van der Waals surface area contributed by atoms with E-state index in [0.29, 0.717) is 19.7 Å². The van der Waals surface area contributed by atoms with Gasteiger partial charge in [-0.05, 0) is 25.0 Å². The fourth-order valence-electron chi connectivity index (χ4n) is 2.16. The van der Waals surface area contributed by atoms with Crippen LogP contribution in [0.1, 0.15) is 12.5 Å². The maximum absolute atomic E-state index is 12.0. The molecule has 0 saturated carbocycles. The third-order valence-electron chi connectivity index (χ3n) is 3.25. The summed E-state index contributed by atoms with van der Waals surface area (Å²) in [6.45, 7) is 3.86. The highest BCUT2D eigenvalue weighted by Gasteiger charge is 2.27. The van der Waals surface area contributed by atoms with Crippen LogP contribution in [0, 0.1) is 0 Å².